The molecule has 0 saturated carbocycles. The lowest BCUT2D eigenvalue weighted by Crippen LogP contribution is -2.20. The summed E-state index contributed by atoms with van der Waals surface area (Å²) in [6, 6.07) is 29.0. The zero-order valence-electron chi connectivity index (χ0n) is 11.5. The molecule has 102 valence electrons. The summed E-state index contributed by atoms with van der Waals surface area (Å²) in [4.78, 5) is 10.8. The van der Waals surface area contributed by atoms with Gasteiger partial charge in [0, 0.05) is 5.56 Å². The molecule has 0 radical (unpaired) electrons. The van der Waals surface area contributed by atoms with E-state index >= 15 is 0 Å². The molecular weight excluding hydrogens is 275 g/mol. The van der Waals surface area contributed by atoms with Crippen LogP contribution in [0.1, 0.15) is 10.4 Å². The predicted octanol–water partition coefficient (Wildman–Crippen LogP) is 3.26. The number of aldehydes is 1. The van der Waals surface area contributed by atoms with Gasteiger partial charge in [-0.15, -0.1) is 0 Å². The summed E-state index contributed by atoms with van der Waals surface area (Å²) in [5.41, 5.74) is 0.717. The highest BCUT2D eigenvalue weighted by Gasteiger charge is 2.15. The van der Waals surface area contributed by atoms with Gasteiger partial charge in [0.25, 0.3) is 0 Å². The van der Waals surface area contributed by atoms with Crippen LogP contribution >= 0.6 is 7.92 Å². The van der Waals surface area contributed by atoms with Crippen LogP contribution in [-0.2, 0) is 0 Å². The lowest BCUT2D eigenvalue weighted by Gasteiger charge is -2.19. The highest BCUT2D eigenvalue weighted by atomic mass is 31.1. The maximum atomic E-state index is 10.8. The Labute approximate surface area is 126 Å². The molecule has 3 aromatic carbocycles. The Hall–Kier alpha value is -2.24. The van der Waals surface area contributed by atoms with E-state index in [0.29, 0.717) is 0 Å². The number of hydrogen-bond acceptors (Lipinski definition) is 1. The Kier molecular flexibility index (Phi) is 4.23. The van der Waals surface area contributed by atoms with Crippen LogP contribution in [-0.4, -0.2) is 6.29 Å². The van der Waals surface area contributed by atoms with E-state index in [0.717, 1.165) is 11.8 Å². The smallest absolute Gasteiger partial charge is 0.150 e. The summed E-state index contributed by atoms with van der Waals surface area (Å²) < 4.78 is 0. The van der Waals surface area contributed by atoms with Crippen molar-refractivity contribution in [2.45, 2.75) is 0 Å². The largest absolute Gasteiger partial charge is 0.298 e. The van der Waals surface area contributed by atoms with E-state index in [1.165, 1.54) is 15.9 Å². The second-order valence-corrected chi connectivity index (χ2v) is 6.94. The minimum absolute atomic E-state index is 0.579. The maximum absolute atomic E-state index is 10.8. The minimum Gasteiger partial charge on any atom is -0.298 e. The number of benzene rings is 3. The summed E-state index contributed by atoms with van der Waals surface area (Å²) in [7, 11) is -0.579. The number of rotatable bonds is 4. The van der Waals surface area contributed by atoms with Crippen molar-refractivity contribution in [2.24, 2.45) is 0 Å². The van der Waals surface area contributed by atoms with E-state index in [2.05, 4.69) is 60.7 Å². The van der Waals surface area contributed by atoms with Crippen molar-refractivity contribution in [3.63, 3.8) is 0 Å². The van der Waals surface area contributed by atoms with Gasteiger partial charge in [0.1, 0.15) is 6.29 Å². The lowest BCUT2D eigenvalue weighted by atomic mass is 10.2. The summed E-state index contributed by atoms with van der Waals surface area (Å²) >= 11 is 0. The van der Waals surface area contributed by atoms with Gasteiger partial charge in [-0.05, 0) is 23.8 Å². The van der Waals surface area contributed by atoms with Crippen molar-refractivity contribution in [3.05, 3.63) is 90.5 Å². The second kappa shape index (κ2) is 6.47. The van der Waals surface area contributed by atoms with Gasteiger partial charge in [0.15, 0.2) is 0 Å². The van der Waals surface area contributed by atoms with Crippen molar-refractivity contribution in [1.82, 2.24) is 0 Å². The number of carbonyl (C=O) groups excluding carboxylic acids is 1. The summed E-state index contributed by atoms with van der Waals surface area (Å²) in [6.45, 7) is 0. The third-order valence-corrected chi connectivity index (χ3v) is 5.76. The van der Waals surface area contributed by atoms with Crippen LogP contribution in [0.5, 0.6) is 0 Å². The highest BCUT2D eigenvalue weighted by molar-refractivity contribution is 7.79. The third-order valence-electron chi connectivity index (χ3n) is 3.32. The van der Waals surface area contributed by atoms with E-state index in [-0.39, 0.29) is 0 Å². The van der Waals surface area contributed by atoms with Crippen molar-refractivity contribution in [3.8, 4) is 0 Å². The molecule has 0 amide bonds. The third kappa shape index (κ3) is 3.09. The first-order chi connectivity index (χ1) is 10.4. The Morgan fingerprint density at radius 3 is 1.43 bits per heavy atom. The Morgan fingerprint density at radius 1 is 0.571 bits per heavy atom. The van der Waals surface area contributed by atoms with E-state index in [1.807, 2.05) is 24.3 Å². The van der Waals surface area contributed by atoms with E-state index in [4.69, 9.17) is 0 Å². The first kappa shape index (κ1) is 13.7. The summed E-state index contributed by atoms with van der Waals surface area (Å²) in [5.74, 6) is 0. The van der Waals surface area contributed by atoms with Gasteiger partial charge in [-0.25, -0.2) is 0 Å². The molecule has 2 heteroatoms. The lowest BCUT2D eigenvalue weighted by molar-refractivity contribution is 0.112. The van der Waals surface area contributed by atoms with Gasteiger partial charge in [-0.2, -0.15) is 0 Å². The summed E-state index contributed by atoms with van der Waals surface area (Å²) in [5, 5.41) is 3.89. The van der Waals surface area contributed by atoms with Crippen LogP contribution in [0, 0.1) is 0 Å². The fourth-order valence-corrected chi connectivity index (χ4v) is 4.59. The quantitative estimate of drug-likeness (QED) is 0.532. The van der Waals surface area contributed by atoms with Crippen LogP contribution < -0.4 is 15.9 Å². The fraction of sp³-hybridized carbons (Fsp3) is 0. The molecule has 0 aliphatic heterocycles. The van der Waals surface area contributed by atoms with Crippen LogP contribution in [0.25, 0.3) is 0 Å². The van der Waals surface area contributed by atoms with Crippen molar-refractivity contribution < 1.29 is 4.79 Å². The van der Waals surface area contributed by atoms with Gasteiger partial charge in [-0.1, -0.05) is 84.9 Å². The van der Waals surface area contributed by atoms with E-state index < -0.39 is 7.92 Å². The van der Waals surface area contributed by atoms with Crippen molar-refractivity contribution in [2.75, 3.05) is 0 Å². The second-order valence-electron chi connectivity index (χ2n) is 4.72. The van der Waals surface area contributed by atoms with Crippen LogP contribution in [0.4, 0.5) is 0 Å². The van der Waals surface area contributed by atoms with Crippen LogP contribution in [0.2, 0.25) is 0 Å². The average molecular weight is 290 g/mol. The molecule has 0 unspecified atom stereocenters. The van der Waals surface area contributed by atoms with Gasteiger partial charge in [0.05, 0.1) is 0 Å². The first-order valence-electron chi connectivity index (χ1n) is 6.84. The van der Waals surface area contributed by atoms with E-state index in [9.17, 15) is 4.79 Å². The first-order valence-corrected chi connectivity index (χ1v) is 8.18. The molecule has 0 fully saturated rings. The molecule has 1 nitrogen and oxygen atoms in total. The molecule has 21 heavy (non-hydrogen) atoms. The standard InChI is InChI=1S/C19H15OP/c20-15-16-11-13-19(14-12-16)21(17-7-3-1-4-8-17)18-9-5-2-6-10-18/h1-15H. The van der Waals surface area contributed by atoms with E-state index in [1.54, 1.807) is 0 Å². The molecule has 0 aliphatic rings. The monoisotopic (exact) mass is 290 g/mol. The fourth-order valence-electron chi connectivity index (χ4n) is 2.30. The average Bonchev–Trinajstić information content (AvgIpc) is 2.58. The molecule has 3 aromatic rings. The predicted molar refractivity (Wildman–Crippen MR) is 90.5 cm³/mol. The zero-order chi connectivity index (χ0) is 14.5. The van der Waals surface area contributed by atoms with Crippen LogP contribution in [0.3, 0.4) is 0 Å². The Balaban J connectivity index is 2.09. The Bertz CT molecular complexity index is 666. The van der Waals surface area contributed by atoms with Crippen LogP contribution in [0.15, 0.2) is 84.9 Å². The molecule has 0 bridgehead atoms. The van der Waals surface area contributed by atoms with Gasteiger partial charge < -0.3 is 0 Å². The molecule has 0 spiro atoms. The SMILES string of the molecule is O=Cc1ccc(P(c2ccccc2)c2ccccc2)cc1. The number of hydrogen-bond donors (Lipinski definition) is 0. The van der Waals surface area contributed by atoms with Gasteiger partial charge >= 0.3 is 0 Å². The molecule has 0 saturated heterocycles. The Morgan fingerprint density at radius 2 is 1.00 bits per heavy atom. The van der Waals surface area contributed by atoms with Crippen molar-refractivity contribution >= 4 is 30.1 Å². The molecule has 3 rings (SSSR count). The number of carbonyl (C=O) groups is 1. The molecule has 0 aliphatic carbocycles. The van der Waals surface area contributed by atoms with Gasteiger partial charge in [-0.3, -0.25) is 4.79 Å². The molecule has 0 N–H and O–H groups in total. The van der Waals surface area contributed by atoms with Gasteiger partial charge in [0.2, 0.25) is 0 Å². The zero-order valence-corrected chi connectivity index (χ0v) is 12.4. The summed E-state index contributed by atoms with van der Waals surface area (Å²) in [6.07, 6.45) is 0.886. The molecular formula is C19H15OP. The minimum atomic E-state index is -0.579. The molecule has 0 aromatic heterocycles. The van der Waals surface area contributed by atoms with Crippen molar-refractivity contribution in [1.29, 1.82) is 0 Å². The molecule has 0 atom stereocenters. The topological polar surface area (TPSA) is 17.1 Å². The molecule has 0 heterocycles. The normalized spacial score (nSPS) is 10.5. The maximum Gasteiger partial charge on any atom is 0.150 e. The highest BCUT2D eigenvalue weighted by Crippen LogP contribution is 2.32.